The molecule has 2 nitrogen and oxygen atoms in total. The molecule has 173 valence electrons. The van der Waals surface area contributed by atoms with E-state index in [9.17, 15) is 0 Å². The zero-order valence-corrected chi connectivity index (χ0v) is 22.9. The summed E-state index contributed by atoms with van der Waals surface area (Å²) in [6.07, 6.45) is 0. The molecule has 1 aromatic heterocycles. The number of aromatic nitrogens is 1. The van der Waals surface area contributed by atoms with Gasteiger partial charge in [-0.1, -0.05) is 81.8 Å². The van der Waals surface area contributed by atoms with E-state index in [-0.39, 0.29) is 46.0 Å². The summed E-state index contributed by atoms with van der Waals surface area (Å²) >= 11 is 0. The van der Waals surface area contributed by atoms with Crippen LogP contribution in [0, 0.1) is 52.9 Å². The van der Waals surface area contributed by atoms with E-state index in [1.807, 2.05) is 18.2 Å². The first-order chi connectivity index (χ1) is 15.9. The summed E-state index contributed by atoms with van der Waals surface area (Å²) in [5.41, 5.74) is 9.39. The third-order valence-corrected chi connectivity index (χ3v) is 6.06. The molecule has 0 spiro atoms. The van der Waals surface area contributed by atoms with Gasteiger partial charge in [-0.3, -0.25) is 4.98 Å². The summed E-state index contributed by atoms with van der Waals surface area (Å²) in [6.45, 7) is 11.3. The minimum absolute atomic E-state index is 0. The van der Waals surface area contributed by atoms with Crippen molar-refractivity contribution in [1.82, 2.24) is 4.98 Å². The molecule has 1 radical (unpaired) electrons. The molecule has 1 atom stereocenters. The predicted molar refractivity (Wildman–Crippen MR) is 140 cm³/mol. The Hall–Kier alpha value is -2.07. The molecule has 0 saturated heterocycles. The minimum atomic E-state index is -0.104. The van der Waals surface area contributed by atoms with Crippen LogP contribution >= 0.6 is 0 Å². The summed E-state index contributed by atoms with van der Waals surface area (Å²) < 4.78 is 0. The smallest absolute Gasteiger partial charge is 0.374 e. The molecule has 34 heavy (non-hydrogen) atoms. The Bertz CT molecular complexity index is 1170. The van der Waals surface area contributed by atoms with Crippen LogP contribution in [-0.4, -0.2) is 4.98 Å². The van der Waals surface area contributed by atoms with Gasteiger partial charge >= 0.3 is 39.9 Å². The predicted octanol–water partition coefficient (Wildman–Crippen LogP) is 8.31. The molecule has 1 N–H and O–H groups in total. The zero-order chi connectivity index (χ0) is 23.4. The summed E-state index contributed by atoms with van der Waals surface area (Å²) in [7, 11) is 0. The van der Waals surface area contributed by atoms with Gasteiger partial charge in [0.2, 0.25) is 0 Å². The molecule has 3 heteroatoms. The number of nitrogens with one attached hydrogen (secondary N) is 1. The summed E-state index contributed by atoms with van der Waals surface area (Å²) in [5.74, 6) is 0.822. The van der Waals surface area contributed by atoms with Gasteiger partial charge in [-0.25, -0.2) is 0 Å². The van der Waals surface area contributed by atoms with Crippen molar-refractivity contribution in [3.63, 3.8) is 0 Å². The van der Waals surface area contributed by atoms with Crippen molar-refractivity contribution < 1.29 is 39.9 Å². The number of aryl methyl sites for hydroxylation is 1. The van der Waals surface area contributed by atoms with Gasteiger partial charge in [0.05, 0.1) is 17.4 Å². The Morgan fingerprint density at radius 2 is 1.41 bits per heavy atom. The first kappa shape index (κ1) is 26.5. The van der Waals surface area contributed by atoms with Gasteiger partial charge in [-0.15, -0.1) is 5.56 Å². The fraction of sp³-hybridized carbons (Fsp3) is 0.258. The minimum Gasteiger partial charge on any atom is -0.374 e. The SMILES string of the molecule is Cc1cc(C(C)C)c(NC(c2[c-]cccc2)c2cccc(-c3ccccc3)n2)c(C(C)C)c1.[Gd+3]. The largest absolute Gasteiger partial charge is 3.00 e. The van der Waals surface area contributed by atoms with E-state index >= 15 is 0 Å². The molecule has 3 aromatic carbocycles. The van der Waals surface area contributed by atoms with E-state index in [1.165, 1.54) is 22.4 Å². The summed E-state index contributed by atoms with van der Waals surface area (Å²) in [4.78, 5) is 5.10. The Morgan fingerprint density at radius 3 is 2.00 bits per heavy atom. The van der Waals surface area contributed by atoms with Crippen LogP contribution in [0.3, 0.4) is 0 Å². The van der Waals surface area contributed by atoms with Gasteiger partial charge in [-0.2, -0.15) is 30.3 Å². The van der Waals surface area contributed by atoms with E-state index in [4.69, 9.17) is 4.98 Å². The number of anilines is 1. The van der Waals surface area contributed by atoms with Gasteiger partial charge in [-0.05, 0) is 42.0 Å². The Kier molecular flexibility index (Phi) is 9.42. The molecule has 0 aliphatic rings. The average Bonchev–Trinajstić information content (AvgIpc) is 2.83. The molecule has 1 unspecified atom stereocenters. The van der Waals surface area contributed by atoms with Crippen LogP contribution in [0.1, 0.15) is 73.5 Å². The molecule has 0 amide bonds. The third kappa shape index (κ3) is 6.13. The molecule has 4 rings (SSSR count). The van der Waals surface area contributed by atoms with Gasteiger partial charge in [0.15, 0.2) is 0 Å². The number of nitrogens with zero attached hydrogens (tertiary/aromatic N) is 1. The van der Waals surface area contributed by atoms with E-state index < -0.39 is 0 Å². The topological polar surface area (TPSA) is 24.9 Å². The maximum atomic E-state index is 5.10. The fourth-order valence-electron chi connectivity index (χ4n) is 4.34. The second-order valence-corrected chi connectivity index (χ2v) is 9.34. The van der Waals surface area contributed by atoms with E-state index in [1.54, 1.807) is 0 Å². The van der Waals surface area contributed by atoms with Crippen molar-refractivity contribution in [3.05, 3.63) is 119 Å². The van der Waals surface area contributed by atoms with Crippen LogP contribution in [0.2, 0.25) is 0 Å². The first-order valence-electron chi connectivity index (χ1n) is 11.8. The molecule has 0 bridgehead atoms. The Labute approximate surface area is 236 Å². The molecular weight excluding hydrogens is 558 g/mol. The number of hydrogen-bond donors (Lipinski definition) is 1. The zero-order valence-electron chi connectivity index (χ0n) is 20.6. The number of benzene rings is 3. The van der Waals surface area contributed by atoms with Crippen molar-refractivity contribution in [1.29, 1.82) is 0 Å². The van der Waals surface area contributed by atoms with Crippen molar-refractivity contribution in [2.24, 2.45) is 0 Å². The van der Waals surface area contributed by atoms with E-state index in [2.05, 4.69) is 113 Å². The van der Waals surface area contributed by atoms with Crippen molar-refractivity contribution in [2.45, 2.75) is 52.5 Å². The monoisotopic (exact) mass is 591 g/mol. The second-order valence-electron chi connectivity index (χ2n) is 9.34. The number of rotatable bonds is 7. The van der Waals surface area contributed by atoms with Crippen LogP contribution in [0.4, 0.5) is 5.69 Å². The molecule has 0 fully saturated rings. The van der Waals surface area contributed by atoms with Crippen LogP contribution < -0.4 is 5.32 Å². The maximum absolute atomic E-state index is 5.10. The van der Waals surface area contributed by atoms with Crippen molar-refractivity contribution >= 4 is 5.69 Å². The second kappa shape index (κ2) is 12.1. The van der Waals surface area contributed by atoms with Crippen LogP contribution in [-0.2, 0) is 0 Å². The molecule has 0 aliphatic carbocycles. The fourth-order valence-corrected chi connectivity index (χ4v) is 4.34. The number of pyridine rings is 1. The molecule has 0 saturated carbocycles. The third-order valence-electron chi connectivity index (χ3n) is 6.06. The Morgan fingerprint density at radius 1 is 0.765 bits per heavy atom. The van der Waals surface area contributed by atoms with Crippen molar-refractivity contribution in [3.8, 4) is 11.3 Å². The van der Waals surface area contributed by atoms with Gasteiger partial charge in [0.1, 0.15) is 0 Å². The molecule has 0 aliphatic heterocycles. The summed E-state index contributed by atoms with van der Waals surface area (Å²) in [6, 6.07) is 32.8. The molecule has 1 heterocycles. The van der Waals surface area contributed by atoms with Crippen LogP contribution in [0.5, 0.6) is 0 Å². The summed E-state index contributed by atoms with van der Waals surface area (Å²) in [5, 5.41) is 3.92. The van der Waals surface area contributed by atoms with E-state index in [0.29, 0.717) is 11.8 Å². The number of hydrogen-bond acceptors (Lipinski definition) is 2. The van der Waals surface area contributed by atoms with E-state index in [0.717, 1.165) is 22.5 Å². The molecule has 4 aromatic rings. The standard InChI is InChI=1S/C31H33N2.Gd/c1-21(2)26-19-23(5)20-27(22(3)4)31(26)33-30(25-15-10-7-11-16-25)29-18-12-17-28(32-29)24-13-8-6-9-14-24;/h6-15,17-22,30,33H,1-5H3;/q-1;+3. The van der Waals surface area contributed by atoms with Crippen molar-refractivity contribution in [2.75, 3.05) is 5.32 Å². The van der Waals surface area contributed by atoms with Gasteiger partial charge in [0.25, 0.3) is 0 Å². The Balaban J connectivity index is 0.00000324. The average molecular weight is 591 g/mol. The maximum Gasteiger partial charge on any atom is 3.00 e. The quantitative estimate of drug-likeness (QED) is 0.219. The van der Waals surface area contributed by atoms with Crippen LogP contribution in [0.25, 0.3) is 11.3 Å². The van der Waals surface area contributed by atoms with Gasteiger partial charge in [0, 0.05) is 11.3 Å². The van der Waals surface area contributed by atoms with Gasteiger partial charge < -0.3 is 5.32 Å². The first-order valence-corrected chi connectivity index (χ1v) is 11.8. The normalized spacial score (nSPS) is 11.9. The van der Waals surface area contributed by atoms with Crippen LogP contribution in [0.15, 0.2) is 84.9 Å². The molecular formula is C31H33GdN2+2.